The number of likely N-dealkylation sites (tertiary alicyclic amines) is 1. The highest BCUT2D eigenvalue weighted by Gasteiger charge is 2.26. The first-order valence-electron chi connectivity index (χ1n) is 7.72. The van der Waals surface area contributed by atoms with Gasteiger partial charge in [-0.15, -0.1) is 0 Å². The monoisotopic (exact) mass is 305 g/mol. The van der Waals surface area contributed by atoms with Gasteiger partial charge in [0.05, 0.1) is 6.54 Å². The van der Waals surface area contributed by atoms with Crippen molar-refractivity contribution in [2.75, 3.05) is 19.6 Å². The minimum atomic E-state index is -0.966. The Morgan fingerprint density at radius 2 is 2.27 bits per heavy atom. The zero-order valence-corrected chi connectivity index (χ0v) is 12.9. The van der Waals surface area contributed by atoms with Crippen LogP contribution in [0.15, 0.2) is 18.2 Å². The Labute approximate surface area is 130 Å². The van der Waals surface area contributed by atoms with Crippen LogP contribution in [0.5, 0.6) is 0 Å². The molecule has 6 heteroatoms. The van der Waals surface area contributed by atoms with Crippen molar-refractivity contribution in [3.63, 3.8) is 0 Å². The van der Waals surface area contributed by atoms with Gasteiger partial charge in [-0.1, -0.05) is 6.07 Å². The van der Waals surface area contributed by atoms with Gasteiger partial charge in [0.25, 0.3) is 5.91 Å². The van der Waals surface area contributed by atoms with E-state index in [1.807, 2.05) is 25.1 Å². The third kappa shape index (κ3) is 4.80. The van der Waals surface area contributed by atoms with Crippen LogP contribution >= 0.6 is 0 Å². The number of hydrogen-bond acceptors (Lipinski definition) is 4. The average Bonchev–Trinajstić information content (AvgIpc) is 2.63. The summed E-state index contributed by atoms with van der Waals surface area (Å²) in [5, 5.41) is 12.5. The first kappa shape index (κ1) is 16.4. The maximum absolute atomic E-state index is 11.9. The lowest BCUT2D eigenvalue weighted by Crippen LogP contribution is -2.44. The van der Waals surface area contributed by atoms with Crippen molar-refractivity contribution in [2.24, 2.45) is 0 Å². The van der Waals surface area contributed by atoms with E-state index in [0.717, 1.165) is 24.2 Å². The van der Waals surface area contributed by atoms with Gasteiger partial charge in [-0.2, -0.15) is 0 Å². The van der Waals surface area contributed by atoms with Crippen molar-refractivity contribution < 1.29 is 14.7 Å². The summed E-state index contributed by atoms with van der Waals surface area (Å²) in [6.45, 7) is 2.96. The molecule has 0 saturated carbocycles. The van der Waals surface area contributed by atoms with Crippen LogP contribution < -0.4 is 5.32 Å². The van der Waals surface area contributed by atoms with Gasteiger partial charge in [-0.25, -0.2) is 0 Å². The molecule has 2 N–H and O–H groups in total. The summed E-state index contributed by atoms with van der Waals surface area (Å²) in [6.07, 6.45) is 1.81. The maximum Gasteiger partial charge on any atom is 0.251 e. The lowest BCUT2D eigenvalue weighted by molar-refractivity contribution is -0.142. The number of aliphatic hydroxyl groups is 1. The van der Waals surface area contributed by atoms with Crippen LogP contribution in [-0.2, 0) is 16.0 Å². The molecule has 1 atom stereocenters. The summed E-state index contributed by atoms with van der Waals surface area (Å²) >= 11 is 0. The number of nitrogens with one attached hydrogen (secondary N) is 1. The standard InChI is InChI=1S/C16H23N3O3/c1-12-5-4-6-13(18-12)8-9-17-15(21)11-19-10-3-2-7-14(20)16(19)22/h4-6,14,20H,2-3,7-11H2,1H3,(H,17,21). The Bertz CT molecular complexity index is 533. The van der Waals surface area contributed by atoms with Crippen LogP contribution in [0.4, 0.5) is 0 Å². The Morgan fingerprint density at radius 3 is 3.05 bits per heavy atom. The van der Waals surface area contributed by atoms with E-state index in [1.54, 1.807) is 0 Å². The zero-order valence-electron chi connectivity index (χ0n) is 12.9. The largest absolute Gasteiger partial charge is 0.383 e. The Balaban J connectivity index is 1.76. The van der Waals surface area contributed by atoms with Gasteiger partial charge in [-0.3, -0.25) is 14.6 Å². The van der Waals surface area contributed by atoms with E-state index in [2.05, 4.69) is 10.3 Å². The van der Waals surface area contributed by atoms with Gasteiger partial charge in [0.2, 0.25) is 5.91 Å². The molecule has 1 aliphatic rings. The molecule has 2 rings (SSSR count). The van der Waals surface area contributed by atoms with Crippen molar-refractivity contribution in [3.8, 4) is 0 Å². The second-order valence-electron chi connectivity index (χ2n) is 5.64. The number of aliphatic hydroxyl groups excluding tert-OH is 1. The summed E-state index contributed by atoms with van der Waals surface area (Å²) in [5.74, 6) is -0.539. The number of amides is 2. The van der Waals surface area contributed by atoms with E-state index in [4.69, 9.17) is 0 Å². The molecule has 1 aliphatic heterocycles. The summed E-state index contributed by atoms with van der Waals surface area (Å²) in [4.78, 5) is 29.6. The van der Waals surface area contributed by atoms with Crippen molar-refractivity contribution in [1.82, 2.24) is 15.2 Å². The van der Waals surface area contributed by atoms with Gasteiger partial charge < -0.3 is 15.3 Å². The van der Waals surface area contributed by atoms with Crippen LogP contribution in [0.1, 0.15) is 30.7 Å². The third-order valence-electron chi connectivity index (χ3n) is 3.74. The molecule has 6 nitrogen and oxygen atoms in total. The van der Waals surface area contributed by atoms with Gasteiger partial charge in [0.1, 0.15) is 6.10 Å². The van der Waals surface area contributed by atoms with Gasteiger partial charge in [-0.05, 0) is 38.3 Å². The fourth-order valence-electron chi connectivity index (χ4n) is 2.54. The predicted octanol–water partition coefficient (Wildman–Crippen LogP) is 0.422. The van der Waals surface area contributed by atoms with E-state index < -0.39 is 6.10 Å². The highest BCUT2D eigenvalue weighted by molar-refractivity contribution is 5.87. The molecule has 1 saturated heterocycles. The summed E-state index contributed by atoms with van der Waals surface area (Å²) < 4.78 is 0. The van der Waals surface area contributed by atoms with Crippen molar-refractivity contribution in [3.05, 3.63) is 29.6 Å². The molecule has 0 radical (unpaired) electrons. The number of carbonyl (C=O) groups excluding carboxylic acids is 2. The number of pyridine rings is 1. The molecular formula is C16H23N3O3. The van der Waals surface area contributed by atoms with Crippen LogP contribution in [0.3, 0.4) is 0 Å². The summed E-state index contributed by atoms with van der Waals surface area (Å²) in [6, 6.07) is 5.79. The smallest absolute Gasteiger partial charge is 0.251 e. The van der Waals surface area contributed by atoms with Crippen molar-refractivity contribution in [2.45, 2.75) is 38.7 Å². The SMILES string of the molecule is Cc1cccc(CCNC(=O)CN2CCCCC(O)C2=O)n1. The fraction of sp³-hybridized carbons (Fsp3) is 0.562. The Kier molecular flexibility index (Phi) is 5.89. The second-order valence-corrected chi connectivity index (χ2v) is 5.64. The molecule has 0 aliphatic carbocycles. The molecule has 1 fully saturated rings. The average molecular weight is 305 g/mol. The van der Waals surface area contributed by atoms with Crippen LogP contribution in [0.25, 0.3) is 0 Å². The van der Waals surface area contributed by atoms with Crippen LogP contribution in [0, 0.1) is 6.92 Å². The van der Waals surface area contributed by atoms with E-state index in [9.17, 15) is 14.7 Å². The summed E-state index contributed by atoms with van der Waals surface area (Å²) in [7, 11) is 0. The molecule has 1 aromatic rings. The number of aryl methyl sites for hydroxylation is 1. The van der Waals surface area contributed by atoms with Crippen LogP contribution in [0.2, 0.25) is 0 Å². The van der Waals surface area contributed by atoms with E-state index in [-0.39, 0.29) is 18.4 Å². The molecule has 0 bridgehead atoms. The molecule has 2 heterocycles. The maximum atomic E-state index is 11.9. The van der Waals surface area contributed by atoms with E-state index >= 15 is 0 Å². The lowest BCUT2D eigenvalue weighted by atomic mass is 10.2. The fourth-order valence-corrected chi connectivity index (χ4v) is 2.54. The highest BCUT2D eigenvalue weighted by atomic mass is 16.3. The van der Waals surface area contributed by atoms with E-state index in [1.165, 1.54) is 4.90 Å². The lowest BCUT2D eigenvalue weighted by Gasteiger charge is -2.21. The summed E-state index contributed by atoms with van der Waals surface area (Å²) in [5.41, 5.74) is 1.88. The normalized spacial score (nSPS) is 18.9. The minimum Gasteiger partial charge on any atom is -0.383 e. The van der Waals surface area contributed by atoms with Crippen molar-refractivity contribution >= 4 is 11.8 Å². The predicted molar refractivity (Wildman–Crippen MR) is 82.1 cm³/mol. The van der Waals surface area contributed by atoms with E-state index in [0.29, 0.717) is 25.9 Å². The number of rotatable bonds is 5. The number of nitrogens with zero attached hydrogens (tertiary/aromatic N) is 2. The highest BCUT2D eigenvalue weighted by Crippen LogP contribution is 2.11. The number of carbonyl (C=O) groups is 2. The molecule has 0 aromatic carbocycles. The Morgan fingerprint density at radius 1 is 1.45 bits per heavy atom. The van der Waals surface area contributed by atoms with Crippen molar-refractivity contribution in [1.29, 1.82) is 0 Å². The molecular weight excluding hydrogens is 282 g/mol. The first-order chi connectivity index (χ1) is 10.6. The number of hydrogen-bond donors (Lipinski definition) is 2. The quantitative estimate of drug-likeness (QED) is 0.826. The molecule has 1 aromatic heterocycles. The Hall–Kier alpha value is -1.95. The molecule has 1 unspecified atom stereocenters. The second kappa shape index (κ2) is 7.89. The van der Waals surface area contributed by atoms with Gasteiger partial charge in [0, 0.05) is 30.9 Å². The molecule has 120 valence electrons. The minimum absolute atomic E-state index is 0.0111. The van der Waals surface area contributed by atoms with Crippen LogP contribution in [-0.4, -0.2) is 52.5 Å². The number of aromatic nitrogens is 1. The molecule has 22 heavy (non-hydrogen) atoms. The molecule has 2 amide bonds. The molecule has 0 spiro atoms. The van der Waals surface area contributed by atoms with Gasteiger partial charge >= 0.3 is 0 Å². The first-order valence-corrected chi connectivity index (χ1v) is 7.72. The topological polar surface area (TPSA) is 82.5 Å². The third-order valence-corrected chi connectivity index (χ3v) is 3.74. The van der Waals surface area contributed by atoms with Gasteiger partial charge in [0.15, 0.2) is 0 Å². The zero-order chi connectivity index (χ0) is 15.9.